The molecular formula is C10H14BrN3O. The molecule has 0 radical (unpaired) electrons. The third kappa shape index (κ3) is 3.99. The van der Waals surface area contributed by atoms with Gasteiger partial charge >= 0.3 is 0 Å². The van der Waals surface area contributed by atoms with Crippen LogP contribution in [0.15, 0.2) is 28.7 Å². The number of primary amides is 1. The molecule has 1 rings (SSSR count). The Labute approximate surface area is 97.1 Å². The molecule has 0 aliphatic heterocycles. The largest absolute Gasteiger partial charge is 0.368 e. The molecule has 0 spiro atoms. The van der Waals surface area contributed by atoms with Gasteiger partial charge < -0.3 is 16.8 Å². The number of hydrogen-bond acceptors (Lipinski definition) is 3. The van der Waals surface area contributed by atoms with E-state index in [0.717, 1.165) is 10.0 Å². The van der Waals surface area contributed by atoms with Crippen molar-refractivity contribution >= 4 is 21.8 Å². The van der Waals surface area contributed by atoms with Gasteiger partial charge in [0.15, 0.2) is 0 Å². The second-order valence-corrected chi connectivity index (χ2v) is 4.09. The van der Waals surface area contributed by atoms with Gasteiger partial charge in [-0.25, -0.2) is 0 Å². The molecule has 0 heterocycles. The number of nitrogens with two attached hydrogens (primary N) is 2. The van der Waals surface area contributed by atoms with Gasteiger partial charge in [0, 0.05) is 17.6 Å². The quantitative estimate of drug-likeness (QED) is 0.723. The second-order valence-electron chi connectivity index (χ2n) is 3.23. The Morgan fingerprint density at radius 3 is 2.73 bits per heavy atom. The van der Waals surface area contributed by atoms with Crippen LogP contribution < -0.4 is 16.8 Å². The van der Waals surface area contributed by atoms with Gasteiger partial charge in [-0.05, 0) is 11.6 Å². The molecule has 4 nitrogen and oxygen atoms in total. The molecule has 1 aromatic rings. The van der Waals surface area contributed by atoms with Crippen molar-refractivity contribution < 1.29 is 4.79 Å². The van der Waals surface area contributed by atoms with Crippen LogP contribution in [-0.2, 0) is 11.3 Å². The highest BCUT2D eigenvalue weighted by molar-refractivity contribution is 9.10. The van der Waals surface area contributed by atoms with E-state index in [2.05, 4.69) is 21.2 Å². The van der Waals surface area contributed by atoms with Crippen molar-refractivity contribution in [1.29, 1.82) is 0 Å². The average molecular weight is 272 g/mol. The molecule has 1 atom stereocenters. The molecule has 15 heavy (non-hydrogen) atoms. The lowest BCUT2D eigenvalue weighted by Gasteiger charge is -2.09. The number of benzene rings is 1. The highest BCUT2D eigenvalue weighted by Crippen LogP contribution is 2.14. The minimum absolute atomic E-state index is 0.386. The Bertz CT molecular complexity index is 343. The minimum Gasteiger partial charge on any atom is -0.368 e. The van der Waals surface area contributed by atoms with Gasteiger partial charge in [0.1, 0.15) is 0 Å². The molecule has 1 aromatic carbocycles. The van der Waals surface area contributed by atoms with Crippen molar-refractivity contribution in [3.63, 3.8) is 0 Å². The van der Waals surface area contributed by atoms with E-state index in [1.165, 1.54) is 0 Å². The Kier molecular flexibility index (Phi) is 4.74. The summed E-state index contributed by atoms with van der Waals surface area (Å²) in [6, 6.07) is 7.23. The van der Waals surface area contributed by atoms with Crippen molar-refractivity contribution in [3.05, 3.63) is 34.3 Å². The number of amides is 1. The summed E-state index contributed by atoms with van der Waals surface area (Å²) in [4.78, 5) is 10.7. The summed E-state index contributed by atoms with van der Waals surface area (Å²) in [5.41, 5.74) is 11.6. The van der Waals surface area contributed by atoms with Crippen LogP contribution in [0, 0.1) is 0 Å². The van der Waals surface area contributed by atoms with E-state index in [1.807, 2.05) is 24.3 Å². The predicted octanol–water partition coefficient (Wildman–Crippen LogP) is 0.351. The summed E-state index contributed by atoms with van der Waals surface area (Å²) < 4.78 is 1.03. The van der Waals surface area contributed by atoms with Gasteiger partial charge in [-0.2, -0.15) is 0 Å². The fourth-order valence-corrected chi connectivity index (χ4v) is 1.53. The molecular weight excluding hydrogens is 258 g/mol. The number of carbonyl (C=O) groups is 1. The Morgan fingerprint density at radius 2 is 2.13 bits per heavy atom. The van der Waals surface area contributed by atoms with Gasteiger partial charge in [0.05, 0.1) is 6.04 Å². The molecule has 0 saturated heterocycles. The lowest BCUT2D eigenvalue weighted by molar-refractivity contribution is -0.119. The van der Waals surface area contributed by atoms with Crippen molar-refractivity contribution in [1.82, 2.24) is 5.32 Å². The van der Waals surface area contributed by atoms with E-state index in [-0.39, 0.29) is 0 Å². The third-order valence-electron chi connectivity index (χ3n) is 2.00. The molecule has 0 aliphatic carbocycles. The highest BCUT2D eigenvalue weighted by atomic mass is 79.9. The maximum atomic E-state index is 10.7. The monoisotopic (exact) mass is 271 g/mol. The maximum Gasteiger partial charge on any atom is 0.235 e. The molecule has 5 heteroatoms. The summed E-state index contributed by atoms with van der Waals surface area (Å²) in [7, 11) is 0. The molecule has 0 bridgehead atoms. The van der Waals surface area contributed by atoms with E-state index in [4.69, 9.17) is 11.5 Å². The van der Waals surface area contributed by atoms with Crippen molar-refractivity contribution in [2.24, 2.45) is 11.5 Å². The van der Waals surface area contributed by atoms with Crippen LogP contribution in [0.1, 0.15) is 5.56 Å². The number of hydrogen-bond donors (Lipinski definition) is 3. The zero-order valence-electron chi connectivity index (χ0n) is 8.24. The SMILES string of the molecule is NC(=O)C(N)CNCc1ccccc1Br. The van der Waals surface area contributed by atoms with E-state index in [0.29, 0.717) is 13.1 Å². The molecule has 1 amide bonds. The zero-order chi connectivity index (χ0) is 11.3. The van der Waals surface area contributed by atoms with Gasteiger partial charge in [0.2, 0.25) is 5.91 Å². The summed E-state index contributed by atoms with van der Waals surface area (Å²) >= 11 is 3.43. The van der Waals surface area contributed by atoms with Gasteiger partial charge in [-0.3, -0.25) is 4.79 Å². The normalized spacial score (nSPS) is 12.4. The van der Waals surface area contributed by atoms with Crippen LogP contribution in [0.2, 0.25) is 0 Å². The van der Waals surface area contributed by atoms with Crippen LogP contribution in [0.4, 0.5) is 0 Å². The molecule has 1 unspecified atom stereocenters. The van der Waals surface area contributed by atoms with Gasteiger partial charge in [0.25, 0.3) is 0 Å². The van der Waals surface area contributed by atoms with E-state index < -0.39 is 11.9 Å². The second kappa shape index (κ2) is 5.85. The molecule has 5 N–H and O–H groups in total. The number of rotatable bonds is 5. The van der Waals surface area contributed by atoms with E-state index in [1.54, 1.807) is 0 Å². The van der Waals surface area contributed by atoms with Crippen molar-refractivity contribution in [2.45, 2.75) is 12.6 Å². The topological polar surface area (TPSA) is 81.1 Å². The fourth-order valence-electron chi connectivity index (χ4n) is 1.10. The molecule has 0 fully saturated rings. The summed E-state index contributed by atoms with van der Waals surface area (Å²) in [5.74, 6) is -0.491. The zero-order valence-corrected chi connectivity index (χ0v) is 9.83. The molecule has 0 aromatic heterocycles. The standard InChI is InChI=1S/C10H14BrN3O/c11-8-4-2-1-3-7(8)5-14-6-9(12)10(13)15/h1-4,9,14H,5-6,12H2,(H2,13,15). The maximum absolute atomic E-state index is 10.7. The predicted molar refractivity (Wildman–Crippen MR) is 63.0 cm³/mol. The first kappa shape index (κ1) is 12.2. The van der Waals surface area contributed by atoms with Crippen LogP contribution >= 0.6 is 15.9 Å². The Hall–Kier alpha value is -0.910. The minimum atomic E-state index is -0.632. The first-order valence-corrected chi connectivity index (χ1v) is 5.39. The van der Waals surface area contributed by atoms with E-state index >= 15 is 0 Å². The first-order valence-electron chi connectivity index (χ1n) is 4.60. The summed E-state index contributed by atoms with van der Waals surface area (Å²) in [6.07, 6.45) is 0. The van der Waals surface area contributed by atoms with Gasteiger partial charge in [-0.1, -0.05) is 34.1 Å². The lowest BCUT2D eigenvalue weighted by atomic mass is 10.2. The van der Waals surface area contributed by atoms with Crippen molar-refractivity contribution in [3.8, 4) is 0 Å². The smallest absolute Gasteiger partial charge is 0.235 e. The molecule has 0 saturated carbocycles. The lowest BCUT2D eigenvalue weighted by Crippen LogP contribution is -2.44. The Balaban J connectivity index is 2.38. The van der Waals surface area contributed by atoms with E-state index in [9.17, 15) is 4.79 Å². The molecule has 82 valence electrons. The average Bonchev–Trinajstić information content (AvgIpc) is 2.20. The number of halogens is 1. The highest BCUT2D eigenvalue weighted by Gasteiger charge is 2.07. The van der Waals surface area contributed by atoms with Gasteiger partial charge in [-0.15, -0.1) is 0 Å². The number of carbonyl (C=O) groups excluding carboxylic acids is 1. The third-order valence-corrected chi connectivity index (χ3v) is 2.78. The van der Waals surface area contributed by atoms with Crippen LogP contribution in [0.5, 0.6) is 0 Å². The number of nitrogens with one attached hydrogen (secondary N) is 1. The summed E-state index contributed by atoms with van der Waals surface area (Å²) in [6.45, 7) is 1.04. The van der Waals surface area contributed by atoms with Crippen LogP contribution in [0.25, 0.3) is 0 Å². The van der Waals surface area contributed by atoms with Crippen molar-refractivity contribution in [2.75, 3.05) is 6.54 Å². The van der Waals surface area contributed by atoms with Crippen LogP contribution in [0.3, 0.4) is 0 Å². The summed E-state index contributed by atoms with van der Waals surface area (Å²) in [5, 5.41) is 3.07. The molecule has 0 aliphatic rings. The Morgan fingerprint density at radius 1 is 1.47 bits per heavy atom. The fraction of sp³-hybridized carbons (Fsp3) is 0.300. The first-order chi connectivity index (χ1) is 7.11. The van der Waals surface area contributed by atoms with Crippen LogP contribution in [-0.4, -0.2) is 18.5 Å².